The molecule has 112 valence electrons. The van der Waals surface area contributed by atoms with E-state index in [2.05, 4.69) is 34.6 Å². The first-order chi connectivity index (χ1) is 9.58. The van der Waals surface area contributed by atoms with Crippen molar-refractivity contribution in [3.8, 4) is 0 Å². The molecule has 1 fully saturated rings. The fourth-order valence-electron chi connectivity index (χ4n) is 2.46. The van der Waals surface area contributed by atoms with Crippen LogP contribution in [0.5, 0.6) is 0 Å². The van der Waals surface area contributed by atoms with Crippen molar-refractivity contribution < 1.29 is 0 Å². The van der Waals surface area contributed by atoms with E-state index in [1.165, 1.54) is 18.6 Å². The predicted molar refractivity (Wildman–Crippen MR) is 87.2 cm³/mol. The number of hydrogen-bond acceptors (Lipinski definition) is 6. The Hall–Kier alpha value is -1.01. The summed E-state index contributed by atoms with van der Waals surface area (Å²) in [7, 11) is 0. The monoisotopic (exact) mass is 295 g/mol. The number of aryl methyl sites for hydroxylation is 1. The molecule has 0 aliphatic carbocycles. The van der Waals surface area contributed by atoms with Crippen molar-refractivity contribution in [2.24, 2.45) is 5.84 Å². The Labute approximate surface area is 125 Å². The molecule has 0 radical (unpaired) electrons. The van der Waals surface area contributed by atoms with Gasteiger partial charge in [-0.3, -0.25) is 0 Å². The lowest BCUT2D eigenvalue weighted by Gasteiger charge is -2.24. The number of hydrogen-bond donors (Lipinski definition) is 3. The summed E-state index contributed by atoms with van der Waals surface area (Å²) >= 11 is 2.05. The SMILES string of the molecule is CCCc1nc(NN)c(C)c(NCC2(C)CCCS2)n1. The molecule has 1 aromatic heterocycles. The molecule has 0 aromatic carbocycles. The first-order valence-electron chi connectivity index (χ1n) is 7.30. The highest BCUT2D eigenvalue weighted by Crippen LogP contribution is 2.37. The van der Waals surface area contributed by atoms with Gasteiger partial charge in [0.05, 0.1) is 0 Å². The van der Waals surface area contributed by atoms with E-state index in [0.29, 0.717) is 4.75 Å². The van der Waals surface area contributed by atoms with Gasteiger partial charge >= 0.3 is 0 Å². The van der Waals surface area contributed by atoms with E-state index in [1.807, 2.05) is 18.7 Å². The molecule has 6 heteroatoms. The van der Waals surface area contributed by atoms with E-state index >= 15 is 0 Å². The molecule has 1 aromatic rings. The van der Waals surface area contributed by atoms with E-state index in [1.54, 1.807) is 0 Å². The van der Waals surface area contributed by atoms with Crippen molar-refractivity contribution >= 4 is 23.4 Å². The van der Waals surface area contributed by atoms with E-state index < -0.39 is 0 Å². The number of anilines is 2. The summed E-state index contributed by atoms with van der Waals surface area (Å²) < 4.78 is 0.318. The van der Waals surface area contributed by atoms with Crippen LogP contribution in [0.15, 0.2) is 0 Å². The summed E-state index contributed by atoms with van der Waals surface area (Å²) in [4.78, 5) is 9.08. The average molecular weight is 295 g/mol. The second kappa shape index (κ2) is 6.63. The molecule has 1 aliphatic rings. The zero-order valence-corrected chi connectivity index (χ0v) is 13.4. The highest BCUT2D eigenvalue weighted by atomic mass is 32.2. The van der Waals surface area contributed by atoms with Gasteiger partial charge in [-0.25, -0.2) is 15.8 Å². The van der Waals surface area contributed by atoms with Crippen LogP contribution in [0.4, 0.5) is 11.6 Å². The zero-order chi connectivity index (χ0) is 14.6. The van der Waals surface area contributed by atoms with Crippen molar-refractivity contribution in [2.75, 3.05) is 23.0 Å². The van der Waals surface area contributed by atoms with Crippen molar-refractivity contribution in [3.63, 3.8) is 0 Å². The van der Waals surface area contributed by atoms with E-state index in [4.69, 9.17) is 5.84 Å². The molecule has 4 N–H and O–H groups in total. The molecular weight excluding hydrogens is 270 g/mol. The number of hydrazine groups is 1. The fourth-order valence-corrected chi connectivity index (χ4v) is 3.70. The van der Waals surface area contributed by atoms with E-state index in [9.17, 15) is 0 Å². The minimum atomic E-state index is 0.318. The Kier molecular flexibility index (Phi) is 5.10. The first-order valence-corrected chi connectivity index (χ1v) is 8.28. The summed E-state index contributed by atoms with van der Waals surface area (Å²) in [6.45, 7) is 7.38. The number of nitrogens with zero attached hydrogens (tertiary/aromatic N) is 2. The van der Waals surface area contributed by atoms with Gasteiger partial charge in [-0.2, -0.15) is 11.8 Å². The van der Waals surface area contributed by atoms with Gasteiger partial charge in [0.25, 0.3) is 0 Å². The second-order valence-electron chi connectivity index (χ2n) is 5.61. The Morgan fingerprint density at radius 3 is 2.70 bits per heavy atom. The number of nitrogens with two attached hydrogens (primary N) is 1. The lowest BCUT2D eigenvalue weighted by Crippen LogP contribution is -2.28. The quantitative estimate of drug-likeness (QED) is 0.553. The molecule has 1 unspecified atom stereocenters. The van der Waals surface area contributed by atoms with Crippen LogP contribution >= 0.6 is 11.8 Å². The van der Waals surface area contributed by atoms with Crippen LogP contribution in [0.25, 0.3) is 0 Å². The van der Waals surface area contributed by atoms with Gasteiger partial charge in [-0.1, -0.05) is 6.92 Å². The molecule has 5 nitrogen and oxygen atoms in total. The first kappa shape index (κ1) is 15.4. The van der Waals surface area contributed by atoms with Crippen LogP contribution < -0.4 is 16.6 Å². The molecule has 0 spiro atoms. The summed E-state index contributed by atoms with van der Waals surface area (Å²) in [6.07, 6.45) is 4.47. The van der Waals surface area contributed by atoms with Gasteiger partial charge < -0.3 is 10.7 Å². The topological polar surface area (TPSA) is 75.9 Å². The maximum atomic E-state index is 5.56. The van der Waals surface area contributed by atoms with Gasteiger partial charge in [0, 0.05) is 23.3 Å². The lowest BCUT2D eigenvalue weighted by molar-refractivity contribution is 0.633. The minimum absolute atomic E-state index is 0.318. The number of thioether (sulfide) groups is 1. The third kappa shape index (κ3) is 3.55. The molecular formula is C14H25N5S. The molecule has 0 bridgehead atoms. The largest absolute Gasteiger partial charge is 0.368 e. The Balaban J connectivity index is 2.14. The van der Waals surface area contributed by atoms with Gasteiger partial charge in [0.2, 0.25) is 0 Å². The van der Waals surface area contributed by atoms with E-state index in [0.717, 1.165) is 42.4 Å². The van der Waals surface area contributed by atoms with Crippen LogP contribution in [0.2, 0.25) is 0 Å². The molecule has 1 saturated heterocycles. The number of nitrogen functional groups attached to an aromatic ring is 1. The predicted octanol–water partition coefficient (Wildman–Crippen LogP) is 2.72. The van der Waals surface area contributed by atoms with Crippen molar-refractivity contribution in [1.82, 2.24) is 9.97 Å². The van der Waals surface area contributed by atoms with Gasteiger partial charge in [-0.05, 0) is 38.9 Å². The Bertz CT molecular complexity index is 457. The van der Waals surface area contributed by atoms with Crippen molar-refractivity contribution in [3.05, 3.63) is 11.4 Å². The minimum Gasteiger partial charge on any atom is -0.368 e. The molecule has 1 atom stereocenters. The second-order valence-corrected chi connectivity index (χ2v) is 7.29. The molecule has 0 amide bonds. The molecule has 1 aliphatic heterocycles. The maximum Gasteiger partial charge on any atom is 0.148 e. The summed E-state index contributed by atoms with van der Waals surface area (Å²) in [6, 6.07) is 0. The number of nitrogens with one attached hydrogen (secondary N) is 2. The smallest absolute Gasteiger partial charge is 0.148 e. The third-order valence-corrected chi connectivity index (χ3v) is 5.27. The summed E-state index contributed by atoms with van der Waals surface area (Å²) in [5.41, 5.74) is 3.66. The number of aromatic nitrogens is 2. The number of rotatable bonds is 6. The van der Waals surface area contributed by atoms with Crippen LogP contribution in [0, 0.1) is 6.92 Å². The highest BCUT2D eigenvalue weighted by Gasteiger charge is 2.29. The lowest BCUT2D eigenvalue weighted by atomic mass is 10.1. The third-order valence-electron chi connectivity index (χ3n) is 3.73. The summed E-state index contributed by atoms with van der Waals surface area (Å²) in [5.74, 6) is 9.29. The van der Waals surface area contributed by atoms with Gasteiger partial charge in [0.15, 0.2) is 0 Å². The van der Waals surface area contributed by atoms with Gasteiger partial charge in [0.1, 0.15) is 17.5 Å². The standard InChI is InChI=1S/C14H25N5S/c1-4-6-11-17-12(10(2)13(18-11)19-15)16-9-14(3)7-5-8-20-14/h4-9,15H2,1-3H3,(H2,16,17,18,19). The maximum absolute atomic E-state index is 5.56. The fraction of sp³-hybridized carbons (Fsp3) is 0.714. The zero-order valence-electron chi connectivity index (χ0n) is 12.6. The highest BCUT2D eigenvalue weighted by molar-refractivity contribution is 8.00. The Morgan fingerprint density at radius 2 is 2.10 bits per heavy atom. The van der Waals surface area contributed by atoms with Crippen LogP contribution in [-0.4, -0.2) is 27.0 Å². The molecule has 2 heterocycles. The Morgan fingerprint density at radius 1 is 1.35 bits per heavy atom. The normalized spacial score (nSPS) is 22.0. The van der Waals surface area contributed by atoms with Crippen molar-refractivity contribution in [1.29, 1.82) is 0 Å². The van der Waals surface area contributed by atoms with E-state index in [-0.39, 0.29) is 0 Å². The van der Waals surface area contributed by atoms with Crippen LogP contribution in [-0.2, 0) is 6.42 Å². The average Bonchev–Trinajstić information content (AvgIpc) is 2.86. The summed E-state index contributed by atoms with van der Waals surface area (Å²) in [5, 5.41) is 3.50. The van der Waals surface area contributed by atoms with Gasteiger partial charge in [-0.15, -0.1) is 0 Å². The van der Waals surface area contributed by atoms with Crippen molar-refractivity contribution in [2.45, 2.75) is 51.2 Å². The molecule has 0 saturated carbocycles. The molecule has 2 rings (SSSR count). The van der Waals surface area contributed by atoms with Crippen LogP contribution in [0.1, 0.15) is 44.5 Å². The molecule has 20 heavy (non-hydrogen) atoms. The van der Waals surface area contributed by atoms with Crippen LogP contribution in [0.3, 0.4) is 0 Å².